The molecule has 1 amide bonds. The summed E-state index contributed by atoms with van der Waals surface area (Å²) in [4.78, 5) is 12.1. The molecule has 3 aromatic rings. The summed E-state index contributed by atoms with van der Waals surface area (Å²) in [7, 11) is 0. The Labute approximate surface area is 142 Å². The Kier molecular flexibility index (Phi) is 4.85. The molecular formula is C16H14FN5OS. The topological polar surface area (TPSA) is 72.7 Å². The summed E-state index contributed by atoms with van der Waals surface area (Å²) in [5.74, 6) is -0.399. The van der Waals surface area contributed by atoms with Crippen molar-refractivity contribution in [2.75, 3.05) is 11.1 Å². The number of nitrogens with zero attached hydrogens (tertiary/aromatic N) is 4. The van der Waals surface area contributed by atoms with E-state index in [0.717, 1.165) is 5.69 Å². The Morgan fingerprint density at radius 2 is 2.04 bits per heavy atom. The first-order valence-electron chi connectivity index (χ1n) is 7.16. The van der Waals surface area contributed by atoms with Gasteiger partial charge in [0, 0.05) is 5.69 Å². The summed E-state index contributed by atoms with van der Waals surface area (Å²) in [6.07, 6.45) is 0. The highest BCUT2D eigenvalue weighted by atomic mass is 32.2. The number of hydrogen-bond donors (Lipinski definition) is 1. The quantitative estimate of drug-likeness (QED) is 0.721. The van der Waals surface area contributed by atoms with E-state index in [1.165, 1.54) is 23.9 Å². The van der Waals surface area contributed by atoms with Gasteiger partial charge < -0.3 is 5.32 Å². The normalized spacial score (nSPS) is 10.6. The van der Waals surface area contributed by atoms with Crippen LogP contribution < -0.4 is 5.32 Å². The first kappa shape index (κ1) is 16.1. The molecule has 0 saturated carbocycles. The van der Waals surface area contributed by atoms with Crippen LogP contribution >= 0.6 is 11.8 Å². The van der Waals surface area contributed by atoms with Gasteiger partial charge in [0.25, 0.3) is 0 Å². The van der Waals surface area contributed by atoms with Crippen molar-refractivity contribution in [3.63, 3.8) is 0 Å². The van der Waals surface area contributed by atoms with E-state index in [2.05, 4.69) is 20.8 Å². The second kappa shape index (κ2) is 7.22. The van der Waals surface area contributed by atoms with Crippen LogP contribution in [0.25, 0.3) is 5.69 Å². The van der Waals surface area contributed by atoms with Gasteiger partial charge in [-0.15, -0.1) is 5.10 Å². The van der Waals surface area contributed by atoms with Gasteiger partial charge in [0.2, 0.25) is 11.1 Å². The maximum atomic E-state index is 13.1. The first-order valence-corrected chi connectivity index (χ1v) is 8.14. The van der Waals surface area contributed by atoms with E-state index < -0.39 is 0 Å². The summed E-state index contributed by atoms with van der Waals surface area (Å²) >= 11 is 1.23. The minimum absolute atomic E-state index is 0.143. The summed E-state index contributed by atoms with van der Waals surface area (Å²) < 4.78 is 14.7. The highest BCUT2D eigenvalue weighted by Crippen LogP contribution is 2.19. The number of nitrogens with one attached hydrogen (secondary N) is 1. The summed E-state index contributed by atoms with van der Waals surface area (Å²) in [5, 5.41) is 14.8. The average molecular weight is 343 g/mol. The van der Waals surface area contributed by atoms with E-state index in [-0.39, 0.29) is 17.5 Å². The van der Waals surface area contributed by atoms with E-state index in [0.29, 0.717) is 16.4 Å². The molecule has 0 spiro atoms. The Morgan fingerprint density at radius 1 is 1.25 bits per heavy atom. The second-order valence-electron chi connectivity index (χ2n) is 5.00. The molecule has 0 atom stereocenters. The van der Waals surface area contributed by atoms with Gasteiger partial charge in [-0.2, -0.15) is 4.68 Å². The van der Waals surface area contributed by atoms with E-state index in [1.54, 1.807) is 17.7 Å². The molecule has 0 unspecified atom stereocenters. The van der Waals surface area contributed by atoms with Gasteiger partial charge >= 0.3 is 0 Å². The van der Waals surface area contributed by atoms with Crippen LogP contribution in [0.3, 0.4) is 0 Å². The molecule has 0 saturated heterocycles. The monoisotopic (exact) mass is 343 g/mol. The Morgan fingerprint density at radius 3 is 2.79 bits per heavy atom. The van der Waals surface area contributed by atoms with Crippen molar-refractivity contribution in [2.45, 2.75) is 12.1 Å². The summed E-state index contributed by atoms with van der Waals surface area (Å²) in [5.41, 5.74) is 2.08. The third-order valence-electron chi connectivity index (χ3n) is 3.24. The van der Waals surface area contributed by atoms with Gasteiger partial charge in [-0.05, 0) is 53.2 Å². The fraction of sp³-hybridized carbons (Fsp3) is 0.125. The van der Waals surface area contributed by atoms with Crippen LogP contribution in [-0.4, -0.2) is 31.9 Å². The van der Waals surface area contributed by atoms with E-state index in [1.807, 2.05) is 30.3 Å². The maximum absolute atomic E-state index is 13.1. The zero-order valence-corrected chi connectivity index (χ0v) is 13.6. The number of aromatic nitrogens is 4. The zero-order valence-electron chi connectivity index (χ0n) is 12.8. The van der Waals surface area contributed by atoms with Crippen molar-refractivity contribution in [1.82, 2.24) is 20.2 Å². The van der Waals surface area contributed by atoms with E-state index in [9.17, 15) is 9.18 Å². The predicted molar refractivity (Wildman–Crippen MR) is 89.6 cm³/mol. The van der Waals surface area contributed by atoms with E-state index in [4.69, 9.17) is 0 Å². The smallest absolute Gasteiger partial charge is 0.234 e. The predicted octanol–water partition coefficient (Wildman–Crippen LogP) is 2.84. The number of carbonyl (C=O) groups is 1. The minimum Gasteiger partial charge on any atom is -0.325 e. The van der Waals surface area contributed by atoms with Crippen LogP contribution in [0.5, 0.6) is 0 Å². The number of benzene rings is 2. The van der Waals surface area contributed by atoms with Gasteiger partial charge in [0.05, 0.1) is 11.4 Å². The fourth-order valence-corrected chi connectivity index (χ4v) is 2.77. The van der Waals surface area contributed by atoms with Crippen molar-refractivity contribution >= 4 is 23.4 Å². The van der Waals surface area contributed by atoms with Gasteiger partial charge in [-0.25, -0.2) is 4.39 Å². The average Bonchev–Trinajstić information content (AvgIpc) is 3.05. The first-order chi connectivity index (χ1) is 11.6. The molecule has 6 nitrogen and oxygen atoms in total. The lowest BCUT2D eigenvalue weighted by Gasteiger charge is -2.08. The number of para-hydroxylation sites is 1. The molecule has 1 aromatic heterocycles. The number of anilines is 1. The number of thioether (sulfide) groups is 1. The van der Waals surface area contributed by atoms with Gasteiger partial charge in [-0.3, -0.25) is 4.79 Å². The molecule has 3 rings (SSSR count). The molecule has 0 fully saturated rings. The summed E-state index contributed by atoms with van der Waals surface area (Å²) in [6, 6.07) is 13.7. The van der Waals surface area contributed by atoms with Crippen LogP contribution in [-0.2, 0) is 4.79 Å². The maximum Gasteiger partial charge on any atom is 0.234 e. The van der Waals surface area contributed by atoms with Crippen molar-refractivity contribution in [3.05, 3.63) is 59.9 Å². The lowest BCUT2D eigenvalue weighted by Crippen LogP contribution is -2.15. The molecule has 24 heavy (non-hydrogen) atoms. The lowest BCUT2D eigenvalue weighted by molar-refractivity contribution is -0.113. The van der Waals surface area contributed by atoms with Gasteiger partial charge in [-0.1, -0.05) is 30.0 Å². The molecule has 0 aliphatic carbocycles. The molecule has 0 bridgehead atoms. The molecule has 0 aliphatic rings. The van der Waals surface area contributed by atoms with Crippen molar-refractivity contribution in [3.8, 4) is 5.69 Å². The second-order valence-corrected chi connectivity index (χ2v) is 5.95. The Balaban J connectivity index is 1.64. The molecule has 8 heteroatoms. The van der Waals surface area contributed by atoms with Crippen molar-refractivity contribution in [1.29, 1.82) is 0 Å². The molecule has 0 radical (unpaired) electrons. The van der Waals surface area contributed by atoms with Crippen LogP contribution in [0.15, 0.2) is 53.7 Å². The van der Waals surface area contributed by atoms with Gasteiger partial charge in [0.15, 0.2) is 0 Å². The third-order valence-corrected chi connectivity index (χ3v) is 4.16. The molecule has 0 aliphatic heterocycles. The number of carbonyl (C=O) groups excluding carboxylic acids is 1. The standard InChI is InChI=1S/C16H14FN5OS/c1-11-9-12(17)7-8-14(11)18-15(23)10-24-16-19-20-21-22(16)13-5-3-2-4-6-13/h2-9H,10H2,1H3,(H,18,23). The largest absolute Gasteiger partial charge is 0.325 e. The van der Waals surface area contributed by atoms with E-state index >= 15 is 0 Å². The van der Waals surface area contributed by atoms with Crippen LogP contribution in [0.2, 0.25) is 0 Å². The number of tetrazole rings is 1. The number of amides is 1. The number of rotatable bonds is 5. The number of hydrogen-bond acceptors (Lipinski definition) is 5. The summed E-state index contributed by atoms with van der Waals surface area (Å²) in [6.45, 7) is 1.74. The number of aryl methyl sites for hydroxylation is 1. The van der Waals surface area contributed by atoms with Crippen LogP contribution in [0.1, 0.15) is 5.56 Å². The molecule has 1 N–H and O–H groups in total. The molecular weight excluding hydrogens is 329 g/mol. The third kappa shape index (κ3) is 3.77. The van der Waals surface area contributed by atoms with Gasteiger partial charge in [0.1, 0.15) is 5.82 Å². The highest BCUT2D eigenvalue weighted by Gasteiger charge is 2.12. The van der Waals surface area contributed by atoms with Crippen molar-refractivity contribution < 1.29 is 9.18 Å². The molecule has 1 heterocycles. The fourth-order valence-electron chi connectivity index (χ4n) is 2.08. The Bertz CT molecular complexity index is 853. The van der Waals surface area contributed by atoms with Crippen LogP contribution in [0.4, 0.5) is 10.1 Å². The lowest BCUT2D eigenvalue weighted by atomic mass is 10.2. The Hall–Kier alpha value is -2.74. The minimum atomic E-state index is -0.332. The molecule has 2 aromatic carbocycles. The van der Waals surface area contributed by atoms with Crippen LogP contribution in [0, 0.1) is 12.7 Å². The highest BCUT2D eigenvalue weighted by molar-refractivity contribution is 7.99. The zero-order chi connectivity index (χ0) is 16.9. The molecule has 122 valence electrons. The number of halogens is 1. The SMILES string of the molecule is Cc1cc(F)ccc1NC(=O)CSc1nnnn1-c1ccccc1. The van der Waals surface area contributed by atoms with Crippen molar-refractivity contribution in [2.24, 2.45) is 0 Å².